The minimum Gasteiger partial charge on any atom is -0.469 e. The summed E-state index contributed by atoms with van der Waals surface area (Å²) in [6.07, 6.45) is 0.344. The average Bonchev–Trinajstić information content (AvgIpc) is 2.68. The molecule has 0 saturated carbocycles. The molecule has 0 bridgehead atoms. The monoisotopic (exact) mass is 346 g/mol. The normalized spacial score (nSPS) is 19.8. The van der Waals surface area contributed by atoms with Gasteiger partial charge in [-0.1, -0.05) is 12.1 Å². The highest BCUT2D eigenvalue weighted by Gasteiger charge is 2.18. The van der Waals surface area contributed by atoms with Gasteiger partial charge in [-0.15, -0.1) is 0 Å². The number of carbonyl (C=O) groups excluding carboxylic acids is 1. The zero-order valence-electron chi connectivity index (χ0n) is 15.2. The van der Waals surface area contributed by atoms with Gasteiger partial charge in [-0.05, 0) is 17.7 Å². The van der Waals surface area contributed by atoms with Crippen molar-refractivity contribution in [1.29, 1.82) is 0 Å². The van der Waals surface area contributed by atoms with Crippen LogP contribution in [0.1, 0.15) is 5.56 Å². The van der Waals surface area contributed by atoms with E-state index in [0.29, 0.717) is 6.42 Å². The molecule has 2 saturated heterocycles. The quantitative estimate of drug-likeness (QED) is 0.754. The van der Waals surface area contributed by atoms with Gasteiger partial charge in [0, 0.05) is 71.1 Å². The van der Waals surface area contributed by atoms with Gasteiger partial charge in [-0.25, -0.2) is 0 Å². The van der Waals surface area contributed by atoms with E-state index in [0.717, 1.165) is 44.8 Å². The molecule has 1 aromatic rings. The van der Waals surface area contributed by atoms with E-state index in [-0.39, 0.29) is 5.97 Å². The van der Waals surface area contributed by atoms with E-state index >= 15 is 0 Å². The molecule has 138 valence electrons. The Morgan fingerprint density at radius 1 is 0.960 bits per heavy atom. The summed E-state index contributed by atoms with van der Waals surface area (Å²) in [5.41, 5.74) is 2.25. The van der Waals surface area contributed by atoms with E-state index in [9.17, 15) is 4.79 Å². The topological polar surface area (TPSA) is 48.1 Å². The van der Waals surface area contributed by atoms with Crippen molar-refractivity contribution in [2.24, 2.45) is 0 Å². The van der Waals surface area contributed by atoms with Crippen molar-refractivity contribution in [3.63, 3.8) is 0 Å². The summed E-state index contributed by atoms with van der Waals surface area (Å²) in [6.45, 7) is 11.3. The summed E-state index contributed by atoms with van der Waals surface area (Å²) in [4.78, 5) is 18.9. The Morgan fingerprint density at radius 2 is 1.56 bits per heavy atom. The lowest BCUT2D eigenvalue weighted by molar-refractivity contribution is -0.139. The van der Waals surface area contributed by atoms with Gasteiger partial charge in [0.1, 0.15) is 0 Å². The molecule has 2 fully saturated rings. The Bertz CT molecular complexity index is 535. The predicted molar refractivity (Wildman–Crippen MR) is 100 cm³/mol. The largest absolute Gasteiger partial charge is 0.469 e. The Kier molecular flexibility index (Phi) is 6.67. The first-order valence-corrected chi connectivity index (χ1v) is 9.31. The second-order valence-electron chi connectivity index (χ2n) is 6.84. The highest BCUT2D eigenvalue weighted by Crippen LogP contribution is 2.18. The van der Waals surface area contributed by atoms with Crippen LogP contribution in [0.5, 0.6) is 0 Å². The lowest BCUT2D eigenvalue weighted by Crippen LogP contribution is -2.50. The molecule has 1 N–H and O–H groups in total. The number of hydrogen-bond donors (Lipinski definition) is 1. The van der Waals surface area contributed by atoms with E-state index in [1.165, 1.54) is 39.0 Å². The zero-order chi connectivity index (χ0) is 17.5. The van der Waals surface area contributed by atoms with E-state index in [2.05, 4.69) is 32.1 Å². The third-order valence-electron chi connectivity index (χ3n) is 5.19. The first kappa shape index (κ1) is 18.2. The predicted octanol–water partition coefficient (Wildman–Crippen LogP) is 0.429. The van der Waals surface area contributed by atoms with Crippen LogP contribution in [0.25, 0.3) is 0 Å². The molecule has 1 aromatic carbocycles. The summed E-state index contributed by atoms with van der Waals surface area (Å²) >= 11 is 0. The van der Waals surface area contributed by atoms with Crippen LogP contribution in [-0.4, -0.2) is 88.3 Å². The summed E-state index contributed by atoms with van der Waals surface area (Å²) in [6, 6.07) is 8.30. The SMILES string of the molecule is COC(=O)Cc1ccc(N2CCN(CCN3CCNCC3)CC2)cc1. The number of methoxy groups -OCH3 is 1. The van der Waals surface area contributed by atoms with Crippen LogP contribution in [0.3, 0.4) is 0 Å². The lowest BCUT2D eigenvalue weighted by Gasteiger charge is -2.37. The Morgan fingerprint density at radius 3 is 2.16 bits per heavy atom. The molecule has 2 heterocycles. The molecule has 0 spiro atoms. The number of carbonyl (C=O) groups is 1. The fraction of sp³-hybridized carbons (Fsp3) is 0.632. The van der Waals surface area contributed by atoms with Crippen LogP contribution in [0, 0.1) is 0 Å². The number of anilines is 1. The molecule has 0 aromatic heterocycles. The molecule has 0 atom stereocenters. The van der Waals surface area contributed by atoms with Crippen molar-refractivity contribution in [1.82, 2.24) is 15.1 Å². The van der Waals surface area contributed by atoms with E-state index in [4.69, 9.17) is 4.74 Å². The van der Waals surface area contributed by atoms with Crippen LogP contribution < -0.4 is 10.2 Å². The minimum atomic E-state index is -0.189. The molecular weight excluding hydrogens is 316 g/mol. The van der Waals surface area contributed by atoms with Gasteiger partial charge in [0.15, 0.2) is 0 Å². The van der Waals surface area contributed by atoms with Crippen LogP contribution in [0.4, 0.5) is 5.69 Å². The molecule has 0 aliphatic carbocycles. The van der Waals surface area contributed by atoms with E-state index < -0.39 is 0 Å². The van der Waals surface area contributed by atoms with Gasteiger partial charge < -0.3 is 15.0 Å². The maximum absolute atomic E-state index is 11.3. The van der Waals surface area contributed by atoms with Crippen LogP contribution >= 0.6 is 0 Å². The number of hydrogen-bond acceptors (Lipinski definition) is 6. The molecule has 0 amide bonds. The van der Waals surface area contributed by atoms with Gasteiger partial charge in [-0.3, -0.25) is 14.6 Å². The summed E-state index contributed by atoms with van der Waals surface area (Å²) in [5.74, 6) is -0.189. The fourth-order valence-electron chi connectivity index (χ4n) is 3.51. The lowest BCUT2D eigenvalue weighted by atomic mass is 10.1. The first-order valence-electron chi connectivity index (χ1n) is 9.31. The third kappa shape index (κ3) is 5.42. The molecule has 0 unspecified atom stereocenters. The highest BCUT2D eigenvalue weighted by molar-refractivity contribution is 5.72. The van der Waals surface area contributed by atoms with Gasteiger partial charge in [0.05, 0.1) is 13.5 Å². The third-order valence-corrected chi connectivity index (χ3v) is 5.19. The first-order chi connectivity index (χ1) is 12.2. The zero-order valence-corrected chi connectivity index (χ0v) is 15.2. The smallest absolute Gasteiger partial charge is 0.309 e. The Hall–Kier alpha value is -1.63. The number of ether oxygens (including phenoxy) is 1. The summed E-state index contributed by atoms with van der Waals surface area (Å²) in [7, 11) is 1.43. The Balaban J connectivity index is 1.41. The van der Waals surface area contributed by atoms with E-state index in [1.807, 2.05) is 12.1 Å². The summed E-state index contributed by atoms with van der Waals surface area (Å²) in [5, 5.41) is 3.41. The van der Waals surface area contributed by atoms with Crippen LogP contribution in [-0.2, 0) is 16.0 Å². The number of piperazine rings is 2. The molecule has 6 heteroatoms. The summed E-state index contributed by atoms with van der Waals surface area (Å²) < 4.78 is 4.72. The highest BCUT2D eigenvalue weighted by atomic mass is 16.5. The maximum atomic E-state index is 11.3. The van der Waals surface area contributed by atoms with Gasteiger partial charge in [0.25, 0.3) is 0 Å². The molecule has 25 heavy (non-hydrogen) atoms. The van der Waals surface area contributed by atoms with Crippen LogP contribution in [0.2, 0.25) is 0 Å². The second kappa shape index (κ2) is 9.17. The van der Waals surface area contributed by atoms with Crippen molar-refractivity contribution >= 4 is 11.7 Å². The molecule has 2 aliphatic rings. The molecular formula is C19H30N4O2. The van der Waals surface area contributed by atoms with Crippen molar-refractivity contribution in [3.8, 4) is 0 Å². The fourth-order valence-corrected chi connectivity index (χ4v) is 3.51. The van der Waals surface area contributed by atoms with Gasteiger partial charge >= 0.3 is 5.97 Å². The minimum absolute atomic E-state index is 0.189. The molecule has 2 aliphatic heterocycles. The maximum Gasteiger partial charge on any atom is 0.309 e. The number of esters is 1. The number of rotatable bonds is 6. The van der Waals surface area contributed by atoms with Crippen molar-refractivity contribution < 1.29 is 9.53 Å². The molecule has 6 nitrogen and oxygen atoms in total. The number of benzene rings is 1. The van der Waals surface area contributed by atoms with Gasteiger partial charge in [-0.2, -0.15) is 0 Å². The Labute approximate surface area is 150 Å². The number of nitrogens with one attached hydrogen (secondary N) is 1. The van der Waals surface area contributed by atoms with Crippen LogP contribution in [0.15, 0.2) is 24.3 Å². The van der Waals surface area contributed by atoms with Crippen molar-refractivity contribution in [2.45, 2.75) is 6.42 Å². The van der Waals surface area contributed by atoms with E-state index in [1.54, 1.807) is 0 Å². The molecule has 3 rings (SSSR count). The molecule has 0 radical (unpaired) electrons. The van der Waals surface area contributed by atoms with Crippen molar-refractivity contribution in [3.05, 3.63) is 29.8 Å². The second-order valence-corrected chi connectivity index (χ2v) is 6.84. The number of nitrogens with zero attached hydrogens (tertiary/aromatic N) is 3. The average molecular weight is 346 g/mol. The standard InChI is InChI=1S/C19H30N4O2/c1-25-19(24)16-17-2-4-18(5-3-17)23-14-12-22(13-15-23)11-10-21-8-6-20-7-9-21/h2-5,20H,6-16H2,1H3. The van der Waals surface area contributed by atoms with Crippen molar-refractivity contribution in [2.75, 3.05) is 77.5 Å². The van der Waals surface area contributed by atoms with Gasteiger partial charge in [0.2, 0.25) is 0 Å².